The first-order chi connectivity index (χ1) is 8.24. The first kappa shape index (κ1) is 11.9. The van der Waals surface area contributed by atoms with Gasteiger partial charge in [0.25, 0.3) is 0 Å². The second kappa shape index (κ2) is 5.15. The Bertz CT molecular complexity index is 508. The van der Waals surface area contributed by atoms with Crippen LogP contribution in [-0.2, 0) is 4.79 Å². The normalized spacial score (nSPS) is 14.9. The van der Waals surface area contributed by atoms with Crippen LogP contribution in [0.3, 0.4) is 0 Å². The Morgan fingerprint density at radius 2 is 2.06 bits per heavy atom. The number of nitrogens with one attached hydrogen (secondary N) is 1. The number of anilines is 1. The average Bonchev–Trinajstić information content (AvgIpc) is 2.33. The summed E-state index contributed by atoms with van der Waals surface area (Å²) >= 11 is 6.05. The third-order valence-corrected chi connectivity index (χ3v) is 2.96. The van der Waals surface area contributed by atoms with Crippen LogP contribution < -0.4 is 5.32 Å². The molecular formula is C13H11ClFNO. The Balaban J connectivity index is 2.45. The van der Waals surface area contributed by atoms with Crippen LogP contribution >= 0.6 is 11.6 Å². The van der Waals surface area contributed by atoms with Gasteiger partial charge in [-0.3, -0.25) is 4.79 Å². The number of rotatable bonds is 3. The van der Waals surface area contributed by atoms with Crippen molar-refractivity contribution >= 4 is 29.3 Å². The molecule has 2 nitrogen and oxygen atoms in total. The largest absolute Gasteiger partial charge is 0.326 e. The van der Waals surface area contributed by atoms with E-state index in [9.17, 15) is 9.18 Å². The summed E-state index contributed by atoms with van der Waals surface area (Å²) in [5.41, 5.74) is 1.26. The van der Waals surface area contributed by atoms with Crippen LogP contribution in [0, 0.1) is 5.82 Å². The van der Waals surface area contributed by atoms with Gasteiger partial charge in [0.05, 0.1) is 5.69 Å². The second-order valence-electron chi connectivity index (χ2n) is 3.68. The van der Waals surface area contributed by atoms with Gasteiger partial charge in [-0.1, -0.05) is 35.9 Å². The SMILES string of the molecule is O=CNc1cccc(C2=CCCC=C2Cl)c1F. The highest BCUT2D eigenvalue weighted by molar-refractivity contribution is 6.37. The summed E-state index contributed by atoms with van der Waals surface area (Å²) in [7, 11) is 0. The highest BCUT2D eigenvalue weighted by Gasteiger charge is 2.15. The topological polar surface area (TPSA) is 29.1 Å². The van der Waals surface area contributed by atoms with Gasteiger partial charge in [0, 0.05) is 10.6 Å². The first-order valence-corrected chi connectivity index (χ1v) is 5.67. The van der Waals surface area contributed by atoms with Crippen molar-refractivity contribution in [1.29, 1.82) is 0 Å². The van der Waals surface area contributed by atoms with Gasteiger partial charge in [0.1, 0.15) is 0 Å². The van der Waals surface area contributed by atoms with Gasteiger partial charge in [-0.25, -0.2) is 4.39 Å². The standard InChI is InChI=1S/C13H11ClFNO/c14-11-6-2-1-4-9(11)10-5-3-7-12(13(10)15)16-8-17/h3-8H,1-2H2,(H,16,17). The molecule has 1 aliphatic carbocycles. The molecule has 0 saturated heterocycles. The van der Waals surface area contributed by atoms with Crippen LogP contribution in [0.4, 0.5) is 10.1 Å². The molecule has 0 bridgehead atoms. The summed E-state index contributed by atoms with van der Waals surface area (Å²) in [4.78, 5) is 10.3. The zero-order chi connectivity index (χ0) is 12.3. The van der Waals surface area contributed by atoms with Crippen molar-refractivity contribution in [3.8, 4) is 0 Å². The van der Waals surface area contributed by atoms with E-state index in [2.05, 4.69) is 5.32 Å². The molecule has 1 aliphatic rings. The quantitative estimate of drug-likeness (QED) is 0.816. The van der Waals surface area contributed by atoms with E-state index >= 15 is 0 Å². The Kier molecular flexibility index (Phi) is 3.59. The summed E-state index contributed by atoms with van der Waals surface area (Å²) < 4.78 is 14.1. The van der Waals surface area contributed by atoms with Crippen LogP contribution in [0.15, 0.2) is 35.4 Å². The fraction of sp³-hybridized carbons (Fsp3) is 0.154. The van der Waals surface area contributed by atoms with E-state index in [1.807, 2.05) is 12.2 Å². The van der Waals surface area contributed by atoms with E-state index in [-0.39, 0.29) is 5.69 Å². The third kappa shape index (κ3) is 2.39. The molecule has 0 radical (unpaired) electrons. The van der Waals surface area contributed by atoms with Gasteiger partial charge >= 0.3 is 0 Å². The van der Waals surface area contributed by atoms with E-state index in [0.717, 1.165) is 12.8 Å². The number of halogens is 2. The van der Waals surface area contributed by atoms with Crippen LogP contribution in [-0.4, -0.2) is 6.41 Å². The van der Waals surface area contributed by atoms with Crippen LogP contribution in [0.1, 0.15) is 18.4 Å². The number of allylic oxidation sites excluding steroid dienone is 4. The molecular weight excluding hydrogens is 241 g/mol. The second-order valence-corrected chi connectivity index (χ2v) is 4.08. The molecule has 0 fully saturated rings. The average molecular weight is 252 g/mol. The minimum Gasteiger partial charge on any atom is -0.326 e. The van der Waals surface area contributed by atoms with E-state index < -0.39 is 5.82 Å². The highest BCUT2D eigenvalue weighted by atomic mass is 35.5. The van der Waals surface area contributed by atoms with Crippen LogP contribution in [0.25, 0.3) is 5.57 Å². The number of benzene rings is 1. The number of carbonyl (C=O) groups is 1. The molecule has 0 heterocycles. The Morgan fingerprint density at radius 3 is 2.76 bits per heavy atom. The van der Waals surface area contributed by atoms with E-state index in [4.69, 9.17) is 11.6 Å². The zero-order valence-corrected chi connectivity index (χ0v) is 9.80. The van der Waals surface area contributed by atoms with Gasteiger partial charge < -0.3 is 5.32 Å². The van der Waals surface area contributed by atoms with Gasteiger partial charge in [0.15, 0.2) is 5.82 Å². The minimum absolute atomic E-state index is 0.161. The monoisotopic (exact) mass is 251 g/mol. The molecule has 88 valence electrons. The first-order valence-electron chi connectivity index (χ1n) is 5.29. The Morgan fingerprint density at radius 1 is 1.29 bits per heavy atom. The van der Waals surface area contributed by atoms with Gasteiger partial charge in [-0.2, -0.15) is 0 Å². The predicted octanol–water partition coefficient (Wildman–Crippen LogP) is 3.69. The fourth-order valence-corrected chi connectivity index (χ4v) is 2.09. The molecule has 0 atom stereocenters. The molecule has 1 amide bonds. The van der Waals surface area contributed by atoms with Crippen molar-refractivity contribution in [3.63, 3.8) is 0 Å². The highest BCUT2D eigenvalue weighted by Crippen LogP contribution is 2.34. The molecule has 0 saturated carbocycles. The van der Waals surface area contributed by atoms with Crippen LogP contribution in [0.2, 0.25) is 0 Å². The molecule has 1 N–H and O–H groups in total. The predicted molar refractivity (Wildman–Crippen MR) is 67.2 cm³/mol. The van der Waals surface area contributed by atoms with Gasteiger partial charge in [-0.15, -0.1) is 0 Å². The maximum atomic E-state index is 14.1. The maximum Gasteiger partial charge on any atom is 0.211 e. The number of carbonyl (C=O) groups excluding carboxylic acids is 1. The smallest absolute Gasteiger partial charge is 0.211 e. The third-order valence-electron chi connectivity index (χ3n) is 2.60. The van der Waals surface area contributed by atoms with E-state index in [1.165, 1.54) is 6.07 Å². The summed E-state index contributed by atoms with van der Waals surface area (Å²) in [6.07, 6.45) is 5.95. The molecule has 17 heavy (non-hydrogen) atoms. The molecule has 0 aliphatic heterocycles. The number of amides is 1. The van der Waals surface area contributed by atoms with Crippen LogP contribution in [0.5, 0.6) is 0 Å². The Hall–Kier alpha value is -1.61. The van der Waals surface area contributed by atoms with Crippen molar-refractivity contribution < 1.29 is 9.18 Å². The van der Waals surface area contributed by atoms with Crippen molar-refractivity contribution in [2.75, 3.05) is 5.32 Å². The molecule has 1 aromatic rings. The molecule has 2 rings (SSSR count). The van der Waals surface area contributed by atoms with Crippen molar-refractivity contribution in [3.05, 3.63) is 46.8 Å². The maximum absolute atomic E-state index is 14.1. The minimum atomic E-state index is -0.459. The van der Waals surface area contributed by atoms with Gasteiger partial charge in [0.2, 0.25) is 6.41 Å². The fourth-order valence-electron chi connectivity index (χ4n) is 1.80. The summed E-state index contributed by atoms with van der Waals surface area (Å²) in [5, 5.41) is 2.88. The lowest BCUT2D eigenvalue weighted by atomic mass is 9.98. The summed E-state index contributed by atoms with van der Waals surface area (Å²) in [6.45, 7) is 0. The lowest BCUT2D eigenvalue weighted by molar-refractivity contribution is -0.105. The molecule has 0 aromatic heterocycles. The summed E-state index contributed by atoms with van der Waals surface area (Å²) in [5.74, 6) is -0.459. The van der Waals surface area contributed by atoms with E-state index in [0.29, 0.717) is 22.6 Å². The number of hydrogen-bond acceptors (Lipinski definition) is 1. The zero-order valence-electron chi connectivity index (χ0n) is 9.04. The van der Waals surface area contributed by atoms with Crippen molar-refractivity contribution in [1.82, 2.24) is 0 Å². The van der Waals surface area contributed by atoms with E-state index in [1.54, 1.807) is 12.1 Å². The summed E-state index contributed by atoms with van der Waals surface area (Å²) in [6, 6.07) is 4.84. The lowest BCUT2D eigenvalue weighted by Gasteiger charge is -2.13. The lowest BCUT2D eigenvalue weighted by Crippen LogP contribution is -2.01. The molecule has 0 unspecified atom stereocenters. The van der Waals surface area contributed by atoms with Gasteiger partial charge in [-0.05, 0) is 24.5 Å². The number of hydrogen-bond donors (Lipinski definition) is 1. The molecule has 1 aromatic carbocycles. The molecule has 0 spiro atoms. The van der Waals surface area contributed by atoms with Crippen molar-refractivity contribution in [2.45, 2.75) is 12.8 Å². The Labute approximate surface area is 104 Å². The van der Waals surface area contributed by atoms with Crippen molar-refractivity contribution in [2.24, 2.45) is 0 Å². The molecule has 4 heteroatoms.